The summed E-state index contributed by atoms with van der Waals surface area (Å²) >= 11 is 0. The molecule has 19 heterocycles. The van der Waals surface area contributed by atoms with Crippen LogP contribution >= 0.6 is 0 Å². The normalized spacial score (nSPS) is 19.6. The number of sulfonamides is 1. The molecule has 6 aliphatic carbocycles. The Balaban J connectivity index is 0.0000000978. The van der Waals surface area contributed by atoms with Gasteiger partial charge in [0.05, 0.1) is 54.4 Å². The number of fused-ring (bicyclic) bond motifs is 25. The van der Waals surface area contributed by atoms with Crippen molar-refractivity contribution in [3.8, 4) is 56.3 Å². The molecule has 0 radical (unpaired) electrons. The third-order valence-corrected chi connectivity index (χ3v) is 31.6. The van der Waals surface area contributed by atoms with Gasteiger partial charge in [-0.1, -0.05) is 38.9 Å². The van der Waals surface area contributed by atoms with Crippen LogP contribution in [-0.4, -0.2) is 144 Å². The number of nitrogens with two attached hydrogens (primary N) is 5. The zero-order chi connectivity index (χ0) is 90.1. The average molecular weight is 1810 g/mol. The quantitative estimate of drug-likeness (QED) is 0.0693. The number of rotatable bonds is 10. The number of aromatic nitrogens is 20. The molecule has 0 aromatic carbocycles. The Morgan fingerprint density at radius 1 is 0.380 bits per heavy atom. The molecule has 5 fully saturated rings. The number of nitrogens with zero attached hydrogens (tertiary/aromatic N) is 21. The molecular weight excluding hydrogens is 1700 g/mol. The minimum absolute atomic E-state index is 0.0537. The highest BCUT2D eigenvalue weighted by atomic mass is 32.2. The maximum atomic E-state index is 13.4. The van der Waals surface area contributed by atoms with Crippen LogP contribution in [0.2, 0.25) is 0 Å². The SMILES string of the molecule is C=C1CCc2c(c3c(N)ncnc3n2C(C)C)-c2noc(C3CC3)c21.C=C1OCc2c(c3c(N)ncnc3n2C(C)C)-c2noc(C3CC3)c21.C=S1(=O)CCc2c(c3c(N)ncnc3n2C(C)C)-c2noc(C3CC3)c21.C=S1(=O)NCc2c(c3c(N)ncnc3n2C(C)C)-c2noc(C3CC3)c21.CC(C)n1c2c(c3c(N)ncnc31)-c1noc(C3CC3)c1S(=O)(=O)N(C)C2. The van der Waals surface area contributed by atoms with Crippen molar-refractivity contribution in [2.24, 2.45) is 0 Å². The van der Waals surface area contributed by atoms with Gasteiger partial charge >= 0.3 is 0 Å². The minimum atomic E-state index is -3.73. The molecule has 2 atom stereocenters. The number of anilines is 5. The van der Waals surface area contributed by atoms with Crippen molar-refractivity contribution in [2.75, 3.05) is 41.5 Å². The fraction of sp³-hybridized carbons (Fsp3) is 0.427. The predicted molar refractivity (Wildman–Crippen MR) is 491 cm³/mol. The van der Waals surface area contributed by atoms with Crippen LogP contribution in [0.25, 0.3) is 123 Å². The first-order valence-electron chi connectivity index (χ1n) is 43.9. The second kappa shape index (κ2) is 30.2. The second-order valence-corrected chi connectivity index (χ2v) is 43.1. The lowest BCUT2D eigenvalue weighted by Crippen LogP contribution is -2.27. The molecule has 15 aromatic rings. The maximum Gasteiger partial charge on any atom is 0.248 e. The molecule has 670 valence electrons. The first-order chi connectivity index (χ1) is 61.8. The smallest absolute Gasteiger partial charge is 0.248 e. The topological polar surface area (TPSA) is 507 Å². The number of nitrogen functional groups attached to an aromatic ring is 5. The molecule has 0 saturated heterocycles. The molecule has 37 nitrogen and oxygen atoms in total. The maximum absolute atomic E-state index is 13.4. The number of hydrogen-bond donors (Lipinski definition) is 6. The highest BCUT2D eigenvalue weighted by molar-refractivity contribution is 8.00. The molecule has 129 heavy (non-hydrogen) atoms. The van der Waals surface area contributed by atoms with Gasteiger partial charge in [-0.25, -0.2) is 67.2 Å². The van der Waals surface area contributed by atoms with Crippen molar-refractivity contribution < 1.29 is 44.2 Å². The second-order valence-electron chi connectivity index (χ2n) is 36.6. The molecular formula is C89H101N27O10S3. The van der Waals surface area contributed by atoms with Crippen LogP contribution in [0.5, 0.6) is 0 Å². The number of nitrogens with one attached hydrogen (secondary N) is 1. The standard InChI is InChI=1S/C19H21N5O.C18H21N5O2S.C18H19N5O2.C17H20N6O3S.C17H20N6O2S/c1-9(2)24-12-7-4-10(3)13-16(23-25-17(13)11-5-6-11)14(12)15-18(20)21-8-22-19(15)24;1-9(2)23-11-6-7-26(3,24)16-14(22-25-15(16)10-4-5-10)12(11)13-17(19)20-8-21-18(13)23;1-8(2)23-11-6-24-9(3)12-15(22-25-16(12)10-4-5-10)13(11)14-17(19)20-7-21-18(14)23;1-8(2)23-10-6-22(3)27(24,25)15-13(21-26-14(15)9-4-5-9)11(10)12-16(18)19-7-20-17(12)23;1-8(2)23-10-6-21-26(3,24)15-13(22-25-14(15)9-4-5-9)11(10)12-16(18)19-7-20-17(12)23/h8-9,11H,3-7H2,1-2H3,(H2,20,21,22);8-10H,3-7H2,1-2H3,(H2,19,20,21);7-8,10H,3-6H2,1-2H3,(H2,19,20,21);7-9H,4-6H2,1-3H3,(H2,18,19,20);7-9H,3-6H2,1-2H3,(H,21,24)(H2,18,19,20). The van der Waals surface area contributed by atoms with Crippen LogP contribution in [0.15, 0.2) is 82.1 Å². The summed E-state index contributed by atoms with van der Waals surface area (Å²) in [6, 6.07) is 0.819. The largest absolute Gasteiger partial charge is 0.487 e. The van der Waals surface area contributed by atoms with Gasteiger partial charge in [0.15, 0.2) is 27.9 Å². The van der Waals surface area contributed by atoms with E-state index in [9.17, 15) is 16.8 Å². The molecule has 0 spiro atoms. The Hall–Kier alpha value is -12.7. The molecule has 40 heteroatoms. The molecule has 15 aromatic heterocycles. The van der Waals surface area contributed by atoms with Crippen molar-refractivity contribution in [2.45, 2.75) is 247 Å². The number of ether oxygens (including phenoxy) is 1. The molecule has 10 aliphatic rings. The van der Waals surface area contributed by atoms with E-state index in [0.717, 1.165) is 199 Å². The third-order valence-electron chi connectivity index (χ3n) is 26.1. The van der Waals surface area contributed by atoms with Gasteiger partial charge in [0.25, 0.3) is 0 Å². The van der Waals surface area contributed by atoms with E-state index in [2.05, 4.69) is 179 Å². The third kappa shape index (κ3) is 13.2. The minimum Gasteiger partial charge on any atom is -0.487 e. The Kier molecular flexibility index (Phi) is 19.5. The predicted octanol–water partition coefficient (Wildman–Crippen LogP) is 15.0. The van der Waals surface area contributed by atoms with Crippen molar-refractivity contribution in [3.63, 3.8) is 0 Å². The Bertz CT molecular complexity index is 7260. The van der Waals surface area contributed by atoms with E-state index in [-0.39, 0.29) is 53.5 Å². The van der Waals surface area contributed by atoms with Crippen molar-refractivity contribution in [1.82, 2.24) is 107 Å². The van der Waals surface area contributed by atoms with Crippen LogP contribution in [0.3, 0.4) is 0 Å². The Morgan fingerprint density at radius 2 is 0.698 bits per heavy atom. The van der Waals surface area contributed by atoms with Crippen molar-refractivity contribution >= 4 is 137 Å². The summed E-state index contributed by atoms with van der Waals surface area (Å²) < 4.78 is 103. The Morgan fingerprint density at radius 3 is 1.13 bits per heavy atom. The summed E-state index contributed by atoms with van der Waals surface area (Å²) in [5.41, 5.74) is 50.4. The average Bonchev–Trinajstić information content (AvgIpc) is 2.07. The van der Waals surface area contributed by atoms with E-state index in [1.165, 1.54) is 54.5 Å². The fourth-order valence-electron chi connectivity index (χ4n) is 19.6. The molecule has 11 N–H and O–H groups in total. The summed E-state index contributed by atoms with van der Waals surface area (Å²) in [7, 11) is -7.37. The number of hydrogen-bond acceptors (Lipinski definition) is 30. The first-order valence-corrected chi connectivity index (χ1v) is 48.9. The van der Waals surface area contributed by atoms with Crippen LogP contribution in [0, 0.1) is 0 Å². The van der Waals surface area contributed by atoms with Crippen LogP contribution in [0.4, 0.5) is 29.1 Å². The van der Waals surface area contributed by atoms with E-state index >= 15 is 0 Å². The Labute approximate surface area is 741 Å². The van der Waals surface area contributed by atoms with E-state index in [4.69, 9.17) is 56.0 Å². The van der Waals surface area contributed by atoms with E-state index in [0.29, 0.717) is 133 Å². The zero-order valence-electron chi connectivity index (χ0n) is 73.6. The number of allylic oxidation sites excluding steroid dienone is 1. The molecule has 2 unspecified atom stereocenters. The molecule has 5 saturated carbocycles. The van der Waals surface area contributed by atoms with Gasteiger partial charge in [-0.15, -0.1) is 0 Å². The van der Waals surface area contributed by atoms with Gasteiger partial charge in [-0.2, -0.15) is 4.31 Å². The fourth-order valence-corrected chi connectivity index (χ4v) is 24.4. The first kappa shape index (κ1) is 83.3. The van der Waals surface area contributed by atoms with Gasteiger partial charge in [-0.05, 0) is 170 Å². The lowest BCUT2D eigenvalue weighted by molar-refractivity contribution is 0.255. The van der Waals surface area contributed by atoms with Gasteiger partial charge in [0.1, 0.15) is 145 Å². The summed E-state index contributed by atoms with van der Waals surface area (Å²) in [6.07, 6.45) is 20.3. The van der Waals surface area contributed by atoms with E-state index in [1.54, 1.807) is 7.05 Å². The lowest BCUT2D eigenvalue weighted by atomic mass is 9.99. The van der Waals surface area contributed by atoms with Crippen LogP contribution < -0.4 is 33.4 Å². The summed E-state index contributed by atoms with van der Waals surface area (Å²) in [5, 5.41) is 25.6. The zero-order valence-corrected chi connectivity index (χ0v) is 76.0. The summed E-state index contributed by atoms with van der Waals surface area (Å²) in [6.45, 7) is 30.3. The van der Waals surface area contributed by atoms with Gasteiger partial charge in [-0.3, -0.25) is 4.21 Å². The van der Waals surface area contributed by atoms with Crippen LogP contribution in [-0.2, 0) is 66.5 Å². The van der Waals surface area contributed by atoms with E-state index in [1.807, 2.05) is 18.4 Å². The molecule has 0 bridgehead atoms. The highest BCUT2D eigenvalue weighted by Crippen LogP contribution is 2.57. The van der Waals surface area contributed by atoms with Gasteiger partial charge in [0, 0.05) is 145 Å². The van der Waals surface area contributed by atoms with Crippen molar-refractivity contribution in [1.29, 1.82) is 0 Å². The van der Waals surface area contributed by atoms with Gasteiger partial charge in [0.2, 0.25) is 10.0 Å². The molecule has 0 amide bonds. The van der Waals surface area contributed by atoms with Crippen LogP contribution in [0.1, 0.15) is 268 Å². The van der Waals surface area contributed by atoms with E-state index < -0.39 is 29.3 Å². The van der Waals surface area contributed by atoms with Gasteiger partial charge < -0.3 is 78.9 Å². The monoisotopic (exact) mass is 1800 g/mol. The highest BCUT2D eigenvalue weighted by Gasteiger charge is 2.48. The van der Waals surface area contributed by atoms with Crippen molar-refractivity contribution in [3.05, 3.63) is 113 Å². The molecule has 4 aliphatic heterocycles. The molecule has 25 rings (SSSR count). The summed E-state index contributed by atoms with van der Waals surface area (Å²) in [4.78, 5) is 44.7. The lowest BCUT2D eigenvalue weighted by Gasteiger charge is -2.18. The summed E-state index contributed by atoms with van der Waals surface area (Å²) in [5.74, 6) is 16.4.